The Morgan fingerprint density at radius 2 is 2.24 bits per heavy atom. The molecule has 1 atom stereocenters. The molecule has 0 radical (unpaired) electrons. The first kappa shape index (κ1) is 13.6. The summed E-state index contributed by atoms with van der Waals surface area (Å²) in [6, 6.07) is 3.25. The molecule has 0 saturated heterocycles. The van der Waals surface area contributed by atoms with Crippen LogP contribution in [0.4, 0.5) is 15.8 Å². The van der Waals surface area contributed by atoms with Crippen LogP contribution in [0.1, 0.15) is 6.42 Å². The normalized spacial score (nSPS) is 12.1. The molecule has 0 amide bonds. The molecular weight excluding hydrogens is 247 g/mol. The van der Waals surface area contributed by atoms with Crippen LogP contribution in [0.2, 0.25) is 0 Å². The van der Waals surface area contributed by atoms with Crippen molar-refractivity contribution in [2.45, 2.75) is 6.42 Å². The molecule has 1 rings (SSSR count). The molecule has 0 saturated carbocycles. The Hall–Kier alpha value is -1.50. The number of rotatable bonds is 6. The molecule has 0 aliphatic heterocycles. The fraction of sp³-hybridized carbons (Fsp3) is 0.400. The largest absolute Gasteiger partial charge is 0.379 e. The van der Waals surface area contributed by atoms with Crippen LogP contribution >= 0.6 is 0 Å². The molecule has 5 nitrogen and oxygen atoms in total. The number of anilines is 1. The quantitative estimate of drug-likeness (QED) is 0.482. The van der Waals surface area contributed by atoms with Crippen molar-refractivity contribution in [2.24, 2.45) is 0 Å². The lowest BCUT2D eigenvalue weighted by Gasteiger charge is -2.06. The van der Waals surface area contributed by atoms with Crippen molar-refractivity contribution in [3.8, 4) is 0 Å². The summed E-state index contributed by atoms with van der Waals surface area (Å²) in [5.41, 5.74) is -0.0130. The van der Waals surface area contributed by atoms with Gasteiger partial charge in [-0.2, -0.15) is 0 Å². The van der Waals surface area contributed by atoms with Gasteiger partial charge in [-0.1, -0.05) is 0 Å². The van der Waals surface area contributed by atoms with E-state index in [1.807, 2.05) is 0 Å². The van der Waals surface area contributed by atoms with E-state index >= 15 is 0 Å². The van der Waals surface area contributed by atoms with Gasteiger partial charge in [0.05, 0.1) is 4.92 Å². The minimum Gasteiger partial charge on any atom is -0.379 e. The Morgan fingerprint density at radius 3 is 2.82 bits per heavy atom. The van der Waals surface area contributed by atoms with Crippen molar-refractivity contribution in [1.82, 2.24) is 0 Å². The van der Waals surface area contributed by atoms with Crippen molar-refractivity contribution in [3.63, 3.8) is 0 Å². The molecule has 0 spiro atoms. The summed E-state index contributed by atoms with van der Waals surface area (Å²) in [7, 11) is -0.890. The van der Waals surface area contributed by atoms with E-state index in [1.165, 1.54) is 0 Å². The average molecular weight is 260 g/mol. The summed E-state index contributed by atoms with van der Waals surface area (Å²) >= 11 is 0. The molecule has 7 heteroatoms. The van der Waals surface area contributed by atoms with Crippen molar-refractivity contribution in [3.05, 3.63) is 34.1 Å². The minimum absolute atomic E-state index is 0.150. The van der Waals surface area contributed by atoms with Crippen LogP contribution in [0.5, 0.6) is 0 Å². The highest BCUT2D eigenvalue weighted by atomic mass is 32.2. The van der Waals surface area contributed by atoms with Crippen LogP contribution in [0.15, 0.2) is 18.2 Å². The molecule has 0 aromatic heterocycles. The maximum absolute atomic E-state index is 12.9. The predicted octanol–water partition coefficient (Wildman–Crippen LogP) is 1.91. The second-order valence-corrected chi connectivity index (χ2v) is 5.03. The molecular formula is C10H13FN2O3S. The van der Waals surface area contributed by atoms with Crippen LogP contribution in [-0.2, 0) is 10.8 Å². The van der Waals surface area contributed by atoms with Gasteiger partial charge in [0.1, 0.15) is 11.5 Å². The highest BCUT2D eigenvalue weighted by molar-refractivity contribution is 7.84. The number of halogens is 1. The Balaban J connectivity index is 2.65. The number of nitrogens with one attached hydrogen (secondary N) is 1. The molecule has 1 aromatic carbocycles. The van der Waals surface area contributed by atoms with Gasteiger partial charge in [-0.3, -0.25) is 14.3 Å². The lowest BCUT2D eigenvalue weighted by molar-refractivity contribution is -0.384. The topological polar surface area (TPSA) is 72.2 Å². The predicted molar refractivity (Wildman–Crippen MR) is 65.1 cm³/mol. The zero-order valence-corrected chi connectivity index (χ0v) is 10.1. The Kier molecular flexibility index (Phi) is 5.02. The standard InChI is InChI=1S/C10H13FN2O3S/c1-17(16)6-2-5-12-9-7-8(11)3-4-10(9)13(14)15/h3-4,7,12H,2,5-6H2,1H3. The van der Waals surface area contributed by atoms with Crippen LogP contribution in [0.3, 0.4) is 0 Å². The summed E-state index contributed by atoms with van der Waals surface area (Å²) in [5, 5.41) is 13.4. The molecule has 1 aromatic rings. The van der Waals surface area contributed by atoms with Gasteiger partial charge in [0.15, 0.2) is 0 Å². The molecule has 0 bridgehead atoms. The lowest BCUT2D eigenvalue weighted by Crippen LogP contribution is -2.08. The van der Waals surface area contributed by atoms with Crippen molar-refractivity contribution in [1.29, 1.82) is 0 Å². The van der Waals surface area contributed by atoms with Crippen molar-refractivity contribution < 1.29 is 13.5 Å². The first-order valence-corrected chi connectivity index (χ1v) is 6.71. The number of nitrogens with zero attached hydrogens (tertiary/aromatic N) is 1. The van der Waals surface area contributed by atoms with E-state index in [4.69, 9.17) is 0 Å². The minimum atomic E-state index is -0.890. The average Bonchev–Trinajstić information content (AvgIpc) is 2.23. The smallest absolute Gasteiger partial charge is 0.292 e. The van der Waals surface area contributed by atoms with Gasteiger partial charge < -0.3 is 5.32 Å². The summed E-state index contributed by atoms with van der Waals surface area (Å²) in [6.45, 7) is 0.421. The van der Waals surface area contributed by atoms with E-state index in [-0.39, 0.29) is 11.4 Å². The second kappa shape index (κ2) is 6.29. The first-order chi connectivity index (χ1) is 8.00. The Bertz CT molecular complexity index is 440. The Labute approximate surface area is 101 Å². The number of hydrogen-bond acceptors (Lipinski definition) is 4. The van der Waals surface area contributed by atoms with Crippen LogP contribution in [0, 0.1) is 15.9 Å². The van der Waals surface area contributed by atoms with E-state index in [1.54, 1.807) is 6.26 Å². The molecule has 1 unspecified atom stereocenters. The van der Waals surface area contributed by atoms with Gasteiger partial charge in [0.25, 0.3) is 5.69 Å². The summed E-state index contributed by atoms with van der Waals surface area (Å²) in [4.78, 5) is 10.1. The number of hydrogen-bond donors (Lipinski definition) is 1. The summed E-state index contributed by atoms with van der Waals surface area (Å²) in [5.74, 6) is -0.0204. The molecule has 0 aliphatic rings. The van der Waals surface area contributed by atoms with Crippen LogP contribution < -0.4 is 5.32 Å². The van der Waals surface area contributed by atoms with Gasteiger partial charge >= 0.3 is 0 Å². The molecule has 1 N–H and O–H groups in total. The molecule has 0 fully saturated rings. The van der Waals surface area contributed by atoms with Gasteiger partial charge in [-0.15, -0.1) is 0 Å². The summed E-state index contributed by atoms with van der Waals surface area (Å²) < 4.78 is 23.7. The van der Waals surface area contributed by atoms with Crippen LogP contribution in [0.25, 0.3) is 0 Å². The fourth-order valence-corrected chi connectivity index (χ4v) is 1.86. The number of nitro groups is 1. The maximum Gasteiger partial charge on any atom is 0.292 e. The van der Waals surface area contributed by atoms with E-state index in [0.717, 1.165) is 18.2 Å². The maximum atomic E-state index is 12.9. The van der Waals surface area contributed by atoms with Gasteiger partial charge in [0.2, 0.25) is 0 Å². The van der Waals surface area contributed by atoms with Gasteiger partial charge in [-0.25, -0.2) is 4.39 Å². The zero-order valence-electron chi connectivity index (χ0n) is 9.31. The lowest BCUT2D eigenvalue weighted by atomic mass is 10.2. The second-order valence-electron chi connectivity index (χ2n) is 3.48. The van der Waals surface area contributed by atoms with Gasteiger partial charge in [0, 0.05) is 41.5 Å². The highest BCUT2D eigenvalue weighted by Crippen LogP contribution is 2.24. The molecule has 0 heterocycles. The van der Waals surface area contributed by atoms with E-state index in [2.05, 4.69) is 5.32 Å². The van der Waals surface area contributed by atoms with Crippen LogP contribution in [-0.4, -0.2) is 27.7 Å². The van der Waals surface area contributed by atoms with Crippen molar-refractivity contribution in [2.75, 3.05) is 23.9 Å². The fourth-order valence-electron chi connectivity index (χ4n) is 1.31. The zero-order chi connectivity index (χ0) is 12.8. The van der Waals surface area contributed by atoms with Crippen molar-refractivity contribution >= 4 is 22.2 Å². The molecule has 94 valence electrons. The third-order valence-corrected chi connectivity index (χ3v) is 2.94. The SMILES string of the molecule is CS(=O)CCCNc1cc(F)ccc1[N+](=O)[O-]. The van der Waals surface area contributed by atoms with E-state index < -0.39 is 21.5 Å². The molecule has 17 heavy (non-hydrogen) atoms. The monoisotopic (exact) mass is 260 g/mol. The third-order valence-electron chi connectivity index (χ3n) is 2.08. The van der Waals surface area contributed by atoms with Gasteiger partial charge in [-0.05, 0) is 12.5 Å². The van der Waals surface area contributed by atoms with E-state index in [0.29, 0.717) is 18.7 Å². The third kappa shape index (κ3) is 4.48. The Morgan fingerprint density at radius 1 is 1.53 bits per heavy atom. The number of benzene rings is 1. The molecule has 0 aliphatic carbocycles. The highest BCUT2D eigenvalue weighted by Gasteiger charge is 2.13. The van der Waals surface area contributed by atoms with E-state index in [9.17, 15) is 18.7 Å². The number of nitro benzene ring substituents is 1. The first-order valence-electron chi connectivity index (χ1n) is 4.98. The summed E-state index contributed by atoms with van der Waals surface area (Å²) in [6.07, 6.45) is 2.20.